The molecule has 5 nitrogen and oxygen atoms in total. The summed E-state index contributed by atoms with van der Waals surface area (Å²) >= 11 is 0. The van der Waals surface area contributed by atoms with Crippen molar-refractivity contribution < 1.29 is 17.9 Å². The zero-order valence-electron chi connectivity index (χ0n) is 11.7. The van der Waals surface area contributed by atoms with Crippen LogP contribution in [0.25, 0.3) is 0 Å². The van der Waals surface area contributed by atoms with E-state index in [1.807, 2.05) is 6.92 Å². The number of hydrogen-bond acceptors (Lipinski definition) is 4. The molecule has 0 unspecified atom stereocenters. The zero-order valence-corrected chi connectivity index (χ0v) is 12.5. The molecule has 0 amide bonds. The van der Waals surface area contributed by atoms with Gasteiger partial charge in [-0.1, -0.05) is 17.7 Å². The van der Waals surface area contributed by atoms with Gasteiger partial charge in [-0.2, -0.15) is 4.31 Å². The van der Waals surface area contributed by atoms with Gasteiger partial charge in [0.05, 0.1) is 11.4 Å². The van der Waals surface area contributed by atoms with Crippen molar-refractivity contribution in [3.63, 3.8) is 0 Å². The summed E-state index contributed by atoms with van der Waals surface area (Å²) in [4.78, 5) is 11.3. The predicted molar refractivity (Wildman–Crippen MR) is 74.7 cm³/mol. The molecule has 1 saturated heterocycles. The van der Waals surface area contributed by atoms with Crippen LogP contribution in [0, 0.1) is 6.92 Å². The molecule has 0 aliphatic carbocycles. The van der Waals surface area contributed by atoms with E-state index in [-0.39, 0.29) is 23.5 Å². The quantitative estimate of drug-likeness (QED) is 0.797. The average Bonchev–Trinajstić information content (AvgIpc) is 2.39. The molecule has 1 aliphatic heterocycles. The van der Waals surface area contributed by atoms with Gasteiger partial charge < -0.3 is 4.74 Å². The Bertz CT molecular complexity index is 580. The summed E-state index contributed by atoms with van der Waals surface area (Å²) < 4.78 is 31.6. The van der Waals surface area contributed by atoms with Gasteiger partial charge in [0.15, 0.2) is 0 Å². The van der Waals surface area contributed by atoms with Crippen LogP contribution in [0.3, 0.4) is 0 Å². The number of nitrogens with zero attached hydrogens (tertiary/aromatic N) is 1. The standard InChI is InChI=1S/C14H19NO4S/c1-11-5-7-14(8-6-11)20(17,18)15-9-3-4-13(10-15)19-12(2)16/h5-8,13H,3-4,9-10H2,1-2H3/t13-/m1/s1. The Morgan fingerprint density at radius 3 is 2.55 bits per heavy atom. The van der Waals surface area contributed by atoms with E-state index < -0.39 is 10.0 Å². The number of piperidine rings is 1. The van der Waals surface area contributed by atoms with Gasteiger partial charge in [-0.05, 0) is 31.9 Å². The summed E-state index contributed by atoms with van der Waals surface area (Å²) in [5.41, 5.74) is 1.01. The molecule has 2 rings (SSSR count). The van der Waals surface area contributed by atoms with Gasteiger partial charge in [0, 0.05) is 13.5 Å². The van der Waals surface area contributed by atoms with Crippen molar-refractivity contribution >= 4 is 16.0 Å². The second kappa shape index (κ2) is 5.93. The van der Waals surface area contributed by atoms with E-state index in [0.29, 0.717) is 19.4 Å². The fraction of sp³-hybridized carbons (Fsp3) is 0.500. The van der Waals surface area contributed by atoms with Crippen molar-refractivity contribution in [2.24, 2.45) is 0 Å². The van der Waals surface area contributed by atoms with Gasteiger partial charge in [-0.3, -0.25) is 4.79 Å². The number of carbonyl (C=O) groups is 1. The Hall–Kier alpha value is -1.40. The van der Waals surface area contributed by atoms with E-state index in [4.69, 9.17) is 4.74 Å². The van der Waals surface area contributed by atoms with Crippen LogP contribution in [0.4, 0.5) is 0 Å². The fourth-order valence-electron chi connectivity index (χ4n) is 2.31. The normalized spacial score (nSPS) is 20.6. The maximum Gasteiger partial charge on any atom is 0.302 e. The molecule has 1 heterocycles. The zero-order chi connectivity index (χ0) is 14.8. The van der Waals surface area contributed by atoms with E-state index >= 15 is 0 Å². The summed E-state index contributed by atoms with van der Waals surface area (Å²) in [6, 6.07) is 6.78. The number of aryl methyl sites for hydroxylation is 1. The Labute approximate surface area is 119 Å². The first-order valence-corrected chi connectivity index (χ1v) is 8.07. The smallest absolute Gasteiger partial charge is 0.302 e. The van der Waals surface area contributed by atoms with Gasteiger partial charge in [0.2, 0.25) is 10.0 Å². The minimum atomic E-state index is -3.51. The lowest BCUT2D eigenvalue weighted by Gasteiger charge is -2.31. The van der Waals surface area contributed by atoms with E-state index in [0.717, 1.165) is 5.56 Å². The molecular weight excluding hydrogens is 278 g/mol. The fourth-order valence-corrected chi connectivity index (χ4v) is 3.82. The number of esters is 1. The van der Waals surface area contributed by atoms with Crippen LogP contribution in [0.15, 0.2) is 29.2 Å². The first kappa shape index (κ1) is 15.0. The molecule has 1 aliphatic rings. The summed E-state index contributed by atoms with van der Waals surface area (Å²) in [6.07, 6.45) is 1.06. The molecule has 1 atom stereocenters. The predicted octanol–water partition coefficient (Wildman–Crippen LogP) is 1.71. The lowest BCUT2D eigenvalue weighted by molar-refractivity contribution is -0.147. The number of rotatable bonds is 3. The Morgan fingerprint density at radius 1 is 1.30 bits per heavy atom. The van der Waals surface area contributed by atoms with E-state index in [9.17, 15) is 13.2 Å². The number of sulfonamides is 1. The molecule has 1 aromatic carbocycles. The molecule has 6 heteroatoms. The summed E-state index contributed by atoms with van der Waals surface area (Å²) in [6.45, 7) is 3.95. The SMILES string of the molecule is CC(=O)O[C@@H]1CCCN(S(=O)(=O)c2ccc(C)cc2)C1. The number of hydrogen-bond donors (Lipinski definition) is 0. The van der Waals surface area contributed by atoms with Crippen LogP contribution in [0.2, 0.25) is 0 Å². The van der Waals surface area contributed by atoms with Crippen molar-refractivity contribution in [3.8, 4) is 0 Å². The first-order chi connectivity index (χ1) is 9.39. The highest BCUT2D eigenvalue weighted by molar-refractivity contribution is 7.89. The molecule has 0 radical (unpaired) electrons. The largest absolute Gasteiger partial charge is 0.461 e. The van der Waals surface area contributed by atoms with Crippen molar-refractivity contribution in [1.82, 2.24) is 4.31 Å². The molecule has 1 aromatic rings. The molecule has 110 valence electrons. The molecule has 0 spiro atoms. The summed E-state index contributed by atoms with van der Waals surface area (Å²) in [7, 11) is -3.51. The second-order valence-corrected chi connectivity index (χ2v) is 6.99. The van der Waals surface area contributed by atoms with Gasteiger partial charge in [0.1, 0.15) is 6.10 Å². The topological polar surface area (TPSA) is 63.7 Å². The number of benzene rings is 1. The number of ether oxygens (including phenoxy) is 1. The minimum Gasteiger partial charge on any atom is -0.461 e. The molecule has 1 fully saturated rings. The van der Waals surface area contributed by atoms with Gasteiger partial charge in [0.25, 0.3) is 0 Å². The molecule has 0 aromatic heterocycles. The maximum absolute atomic E-state index is 12.5. The lowest BCUT2D eigenvalue weighted by Crippen LogP contribution is -2.43. The Kier molecular flexibility index (Phi) is 4.45. The van der Waals surface area contributed by atoms with E-state index in [2.05, 4.69) is 0 Å². The van der Waals surface area contributed by atoms with Crippen molar-refractivity contribution in [2.75, 3.05) is 13.1 Å². The molecule has 0 N–H and O–H groups in total. The Morgan fingerprint density at radius 2 is 1.95 bits per heavy atom. The molecule has 0 bridgehead atoms. The number of carbonyl (C=O) groups excluding carboxylic acids is 1. The third-order valence-corrected chi connectivity index (χ3v) is 5.21. The van der Waals surface area contributed by atoms with Crippen LogP contribution >= 0.6 is 0 Å². The van der Waals surface area contributed by atoms with Crippen LogP contribution in [0.1, 0.15) is 25.3 Å². The maximum atomic E-state index is 12.5. The first-order valence-electron chi connectivity index (χ1n) is 6.63. The second-order valence-electron chi connectivity index (χ2n) is 5.05. The molecular formula is C14H19NO4S. The van der Waals surface area contributed by atoms with Crippen molar-refractivity contribution in [2.45, 2.75) is 37.7 Å². The highest BCUT2D eigenvalue weighted by Crippen LogP contribution is 2.22. The minimum absolute atomic E-state index is 0.232. The van der Waals surface area contributed by atoms with E-state index in [1.165, 1.54) is 11.2 Å². The third-order valence-electron chi connectivity index (χ3n) is 3.33. The molecule has 20 heavy (non-hydrogen) atoms. The van der Waals surface area contributed by atoms with Gasteiger partial charge >= 0.3 is 5.97 Å². The van der Waals surface area contributed by atoms with Crippen LogP contribution < -0.4 is 0 Å². The third kappa shape index (κ3) is 3.37. The summed E-state index contributed by atoms with van der Waals surface area (Å²) in [5.74, 6) is -0.371. The Balaban J connectivity index is 2.16. The molecule has 0 saturated carbocycles. The highest BCUT2D eigenvalue weighted by atomic mass is 32.2. The lowest BCUT2D eigenvalue weighted by atomic mass is 10.1. The monoisotopic (exact) mass is 297 g/mol. The summed E-state index contributed by atoms with van der Waals surface area (Å²) in [5, 5.41) is 0. The van der Waals surface area contributed by atoms with E-state index in [1.54, 1.807) is 24.3 Å². The van der Waals surface area contributed by atoms with Crippen molar-refractivity contribution in [1.29, 1.82) is 0 Å². The van der Waals surface area contributed by atoms with Gasteiger partial charge in [-0.15, -0.1) is 0 Å². The highest BCUT2D eigenvalue weighted by Gasteiger charge is 2.31. The van der Waals surface area contributed by atoms with Crippen LogP contribution in [-0.2, 0) is 19.6 Å². The average molecular weight is 297 g/mol. The van der Waals surface area contributed by atoms with Crippen LogP contribution in [0.5, 0.6) is 0 Å². The van der Waals surface area contributed by atoms with Gasteiger partial charge in [-0.25, -0.2) is 8.42 Å². The van der Waals surface area contributed by atoms with Crippen molar-refractivity contribution in [3.05, 3.63) is 29.8 Å². The van der Waals surface area contributed by atoms with Crippen LogP contribution in [-0.4, -0.2) is 37.9 Å².